The standard InChI is InChI=1S/C30H35N3O/c1-5-21-13-10-14-22(6-2)30(21)26-18-29(34-4)25(27(19-31)32-26)20-33(7-3)28-17-11-15-23-12-8-9-16-24(23)28/h8-10,12-14,16,18,28H,5-7,11,15,17,20H2,1-4H3/t28-/m0/s1. The summed E-state index contributed by atoms with van der Waals surface area (Å²) >= 11 is 0. The summed E-state index contributed by atoms with van der Waals surface area (Å²) in [6.07, 6.45) is 5.29. The maximum atomic E-state index is 10.1. The zero-order chi connectivity index (χ0) is 24.1. The molecule has 0 bridgehead atoms. The lowest BCUT2D eigenvalue weighted by Crippen LogP contribution is -2.31. The third kappa shape index (κ3) is 4.58. The Morgan fingerprint density at radius 3 is 2.44 bits per heavy atom. The first-order valence-electron chi connectivity index (χ1n) is 12.6. The number of rotatable bonds is 8. The Morgan fingerprint density at radius 1 is 1.06 bits per heavy atom. The van der Waals surface area contributed by atoms with Crippen molar-refractivity contribution >= 4 is 0 Å². The molecule has 0 unspecified atom stereocenters. The highest BCUT2D eigenvalue weighted by Crippen LogP contribution is 2.38. The van der Waals surface area contributed by atoms with Crippen LogP contribution in [-0.2, 0) is 25.8 Å². The summed E-state index contributed by atoms with van der Waals surface area (Å²) in [6, 6.07) is 20.0. The predicted molar refractivity (Wildman–Crippen MR) is 138 cm³/mol. The third-order valence-corrected chi connectivity index (χ3v) is 7.21. The fourth-order valence-electron chi connectivity index (χ4n) is 5.43. The van der Waals surface area contributed by atoms with Crippen molar-refractivity contribution in [2.24, 2.45) is 0 Å². The predicted octanol–water partition coefficient (Wildman–Crippen LogP) is 6.65. The molecule has 0 fully saturated rings. The van der Waals surface area contributed by atoms with Crippen molar-refractivity contribution in [1.82, 2.24) is 9.88 Å². The molecule has 0 radical (unpaired) electrons. The quantitative estimate of drug-likeness (QED) is 0.383. The smallest absolute Gasteiger partial charge is 0.149 e. The van der Waals surface area contributed by atoms with Crippen LogP contribution in [0.5, 0.6) is 5.75 Å². The molecule has 1 atom stereocenters. The largest absolute Gasteiger partial charge is 0.496 e. The van der Waals surface area contributed by atoms with Gasteiger partial charge < -0.3 is 4.74 Å². The molecule has 34 heavy (non-hydrogen) atoms. The molecule has 1 aliphatic rings. The van der Waals surface area contributed by atoms with Crippen LogP contribution in [0.3, 0.4) is 0 Å². The first-order chi connectivity index (χ1) is 16.6. The van der Waals surface area contributed by atoms with Gasteiger partial charge in [-0.25, -0.2) is 4.98 Å². The number of aromatic nitrogens is 1. The second kappa shape index (κ2) is 10.8. The lowest BCUT2D eigenvalue weighted by molar-refractivity contribution is 0.177. The summed E-state index contributed by atoms with van der Waals surface area (Å²) in [7, 11) is 1.70. The van der Waals surface area contributed by atoms with Crippen molar-refractivity contribution in [3.05, 3.63) is 82.0 Å². The molecule has 1 aromatic heterocycles. The number of benzene rings is 2. The van der Waals surface area contributed by atoms with Crippen LogP contribution in [0, 0.1) is 11.3 Å². The Hall–Kier alpha value is -3.16. The number of hydrogen-bond donors (Lipinski definition) is 0. The summed E-state index contributed by atoms with van der Waals surface area (Å²) in [5.74, 6) is 0.747. The monoisotopic (exact) mass is 453 g/mol. The van der Waals surface area contributed by atoms with Gasteiger partial charge in [0.1, 0.15) is 17.5 Å². The Kier molecular flexibility index (Phi) is 7.65. The van der Waals surface area contributed by atoms with Crippen LogP contribution in [-0.4, -0.2) is 23.5 Å². The summed E-state index contributed by atoms with van der Waals surface area (Å²) in [6.45, 7) is 8.06. The van der Waals surface area contributed by atoms with Crippen LogP contribution >= 0.6 is 0 Å². The van der Waals surface area contributed by atoms with Crippen molar-refractivity contribution in [3.63, 3.8) is 0 Å². The molecule has 4 heteroatoms. The maximum absolute atomic E-state index is 10.1. The third-order valence-electron chi connectivity index (χ3n) is 7.21. The van der Waals surface area contributed by atoms with Crippen LogP contribution in [0.4, 0.5) is 0 Å². The highest BCUT2D eigenvalue weighted by atomic mass is 16.5. The first-order valence-corrected chi connectivity index (χ1v) is 12.6. The normalized spacial score (nSPS) is 15.1. The van der Waals surface area contributed by atoms with E-state index in [4.69, 9.17) is 9.72 Å². The van der Waals surface area contributed by atoms with E-state index in [-0.39, 0.29) is 0 Å². The highest BCUT2D eigenvalue weighted by Gasteiger charge is 2.27. The first kappa shape index (κ1) is 24.0. The van der Waals surface area contributed by atoms with Gasteiger partial charge in [-0.15, -0.1) is 0 Å². The van der Waals surface area contributed by atoms with E-state index in [1.807, 2.05) is 6.07 Å². The molecule has 1 heterocycles. The fraction of sp³-hybridized carbons (Fsp3) is 0.400. The molecule has 2 aromatic carbocycles. The van der Waals surface area contributed by atoms with Gasteiger partial charge in [-0.1, -0.05) is 63.2 Å². The van der Waals surface area contributed by atoms with E-state index in [2.05, 4.69) is 74.2 Å². The van der Waals surface area contributed by atoms with Crippen LogP contribution in [0.1, 0.15) is 73.2 Å². The van der Waals surface area contributed by atoms with Gasteiger partial charge in [-0.3, -0.25) is 4.90 Å². The minimum Gasteiger partial charge on any atom is -0.496 e. The van der Waals surface area contributed by atoms with Crippen molar-refractivity contribution in [3.8, 4) is 23.1 Å². The van der Waals surface area contributed by atoms with E-state index in [0.29, 0.717) is 18.3 Å². The number of fused-ring (bicyclic) bond motifs is 1. The van der Waals surface area contributed by atoms with Gasteiger partial charge in [-0.05, 0) is 60.9 Å². The lowest BCUT2D eigenvalue weighted by Gasteiger charge is -2.35. The van der Waals surface area contributed by atoms with Gasteiger partial charge in [0.2, 0.25) is 0 Å². The molecule has 0 saturated heterocycles. The molecule has 0 amide bonds. The van der Waals surface area contributed by atoms with Gasteiger partial charge in [-0.2, -0.15) is 5.26 Å². The van der Waals surface area contributed by atoms with Crippen molar-refractivity contribution in [2.75, 3.05) is 13.7 Å². The number of aryl methyl sites for hydroxylation is 3. The van der Waals surface area contributed by atoms with Gasteiger partial charge in [0.15, 0.2) is 0 Å². The Labute approximate surface area is 204 Å². The number of hydrogen-bond acceptors (Lipinski definition) is 4. The van der Waals surface area contributed by atoms with E-state index in [1.54, 1.807) is 7.11 Å². The molecule has 3 aromatic rings. The second-order valence-corrected chi connectivity index (χ2v) is 8.98. The van der Waals surface area contributed by atoms with Gasteiger partial charge >= 0.3 is 0 Å². The molecular weight excluding hydrogens is 418 g/mol. The SMILES string of the molecule is CCc1cccc(CC)c1-c1cc(OC)c(CN(CC)[C@H]2CCCc3ccccc32)c(C#N)n1. The van der Waals surface area contributed by atoms with E-state index in [0.717, 1.165) is 54.8 Å². The summed E-state index contributed by atoms with van der Waals surface area (Å²) in [4.78, 5) is 7.36. The van der Waals surface area contributed by atoms with Gasteiger partial charge in [0.25, 0.3) is 0 Å². The fourth-order valence-corrected chi connectivity index (χ4v) is 5.43. The molecule has 4 nitrogen and oxygen atoms in total. The number of nitrogens with zero attached hydrogens (tertiary/aromatic N) is 3. The van der Waals surface area contributed by atoms with E-state index in [1.165, 1.54) is 28.7 Å². The summed E-state index contributed by atoms with van der Waals surface area (Å²) < 4.78 is 5.88. The minimum atomic E-state index is 0.346. The van der Waals surface area contributed by atoms with Crippen LogP contribution in [0.15, 0.2) is 48.5 Å². The zero-order valence-corrected chi connectivity index (χ0v) is 20.9. The number of nitriles is 1. The Bertz CT molecular complexity index is 1170. The minimum absolute atomic E-state index is 0.346. The van der Waals surface area contributed by atoms with E-state index >= 15 is 0 Å². The molecule has 176 valence electrons. The van der Waals surface area contributed by atoms with Crippen molar-refractivity contribution in [2.45, 2.75) is 65.5 Å². The lowest BCUT2D eigenvalue weighted by atomic mass is 9.86. The Morgan fingerprint density at radius 2 is 1.79 bits per heavy atom. The second-order valence-electron chi connectivity index (χ2n) is 8.98. The van der Waals surface area contributed by atoms with Gasteiger partial charge in [0, 0.05) is 29.8 Å². The van der Waals surface area contributed by atoms with Crippen LogP contribution < -0.4 is 4.74 Å². The zero-order valence-electron chi connectivity index (χ0n) is 20.9. The van der Waals surface area contributed by atoms with Crippen molar-refractivity contribution in [1.29, 1.82) is 5.26 Å². The summed E-state index contributed by atoms with van der Waals surface area (Å²) in [5, 5.41) is 10.1. The molecule has 1 aliphatic carbocycles. The summed E-state index contributed by atoms with van der Waals surface area (Å²) in [5.41, 5.74) is 8.68. The Balaban J connectivity index is 1.77. The topological polar surface area (TPSA) is 49.1 Å². The van der Waals surface area contributed by atoms with E-state index in [9.17, 15) is 5.26 Å². The molecule has 0 N–H and O–H groups in total. The maximum Gasteiger partial charge on any atom is 0.149 e. The molecular formula is C30H35N3O. The number of methoxy groups -OCH3 is 1. The van der Waals surface area contributed by atoms with E-state index < -0.39 is 0 Å². The molecule has 4 rings (SSSR count). The average Bonchev–Trinajstić information content (AvgIpc) is 2.90. The molecule has 0 saturated carbocycles. The molecule has 0 aliphatic heterocycles. The number of pyridine rings is 1. The van der Waals surface area contributed by atoms with Crippen molar-refractivity contribution < 1.29 is 4.74 Å². The van der Waals surface area contributed by atoms with Gasteiger partial charge in [0.05, 0.1) is 12.8 Å². The number of ether oxygens (including phenoxy) is 1. The average molecular weight is 454 g/mol. The molecule has 0 spiro atoms. The van der Waals surface area contributed by atoms with Crippen LogP contribution in [0.25, 0.3) is 11.3 Å². The van der Waals surface area contributed by atoms with Crippen LogP contribution in [0.2, 0.25) is 0 Å². The highest BCUT2D eigenvalue weighted by molar-refractivity contribution is 5.70.